The largest absolute Gasteiger partial charge is 0.395 e. The van der Waals surface area contributed by atoms with Crippen LogP contribution in [-0.4, -0.2) is 27.8 Å². The summed E-state index contributed by atoms with van der Waals surface area (Å²) in [6, 6.07) is 8.12. The fourth-order valence-corrected chi connectivity index (χ4v) is 2.79. The van der Waals surface area contributed by atoms with Crippen molar-refractivity contribution in [2.45, 2.75) is 39.2 Å². The van der Waals surface area contributed by atoms with Crippen LogP contribution in [0.15, 0.2) is 24.3 Å². The van der Waals surface area contributed by atoms with E-state index in [1.165, 1.54) is 0 Å². The summed E-state index contributed by atoms with van der Waals surface area (Å²) in [5.41, 5.74) is 7.79. The number of imidazole rings is 1. The lowest BCUT2D eigenvalue weighted by atomic mass is 9.96. The van der Waals surface area contributed by atoms with Crippen molar-refractivity contribution in [3.05, 3.63) is 30.1 Å². The zero-order valence-electron chi connectivity index (χ0n) is 12.3. The molecule has 1 aromatic carbocycles. The number of fused-ring (bicyclic) bond motifs is 1. The van der Waals surface area contributed by atoms with Crippen LogP contribution in [0.25, 0.3) is 11.0 Å². The second-order valence-corrected chi connectivity index (χ2v) is 5.28. The molecule has 0 fully saturated rings. The molecule has 2 aromatic rings. The van der Waals surface area contributed by atoms with E-state index in [-0.39, 0.29) is 6.61 Å². The molecule has 2 rings (SSSR count). The Morgan fingerprint density at radius 3 is 2.80 bits per heavy atom. The van der Waals surface area contributed by atoms with Crippen LogP contribution in [0.5, 0.6) is 0 Å². The van der Waals surface area contributed by atoms with Gasteiger partial charge < -0.3 is 15.4 Å². The molecule has 1 heterocycles. The molecule has 1 aromatic heterocycles. The summed E-state index contributed by atoms with van der Waals surface area (Å²) in [4.78, 5) is 4.72. The Hall–Kier alpha value is -1.39. The summed E-state index contributed by atoms with van der Waals surface area (Å²) in [5, 5.41) is 9.26. The van der Waals surface area contributed by atoms with Gasteiger partial charge in [0.2, 0.25) is 0 Å². The van der Waals surface area contributed by atoms with Crippen molar-refractivity contribution in [3.63, 3.8) is 0 Å². The first-order valence-corrected chi connectivity index (χ1v) is 7.55. The third-order valence-electron chi connectivity index (χ3n) is 3.99. The van der Waals surface area contributed by atoms with Gasteiger partial charge in [0, 0.05) is 13.0 Å². The Kier molecular flexibility index (Phi) is 5.56. The summed E-state index contributed by atoms with van der Waals surface area (Å²) < 4.78 is 2.14. The molecule has 0 amide bonds. The van der Waals surface area contributed by atoms with E-state index in [4.69, 9.17) is 10.7 Å². The quantitative estimate of drug-likeness (QED) is 0.777. The van der Waals surface area contributed by atoms with Gasteiger partial charge in [0.1, 0.15) is 5.82 Å². The zero-order chi connectivity index (χ0) is 14.4. The van der Waals surface area contributed by atoms with Gasteiger partial charge in [-0.3, -0.25) is 0 Å². The minimum atomic E-state index is 0.146. The maximum Gasteiger partial charge on any atom is 0.109 e. The molecular weight excluding hydrogens is 250 g/mol. The van der Waals surface area contributed by atoms with Crippen LogP contribution in [0, 0.1) is 5.92 Å². The fourth-order valence-electron chi connectivity index (χ4n) is 2.79. The lowest BCUT2D eigenvalue weighted by Crippen LogP contribution is -2.12. The molecule has 3 N–H and O–H groups in total. The number of aromatic nitrogens is 2. The summed E-state index contributed by atoms with van der Waals surface area (Å²) in [6.45, 7) is 3.74. The van der Waals surface area contributed by atoms with E-state index in [0.717, 1.165) is 49.1 Å². The average Bonchev–Trinajstić information content (AvgIpc) is 2.82. The number of aliphatic hydroxyl groups is 1. The average molecular weight is 275 g/mol. The molecular formula is C16H25N3O. The number of aliphatic hydroxyl groups excluding tert-OH is 1. The molecule has 0 saturated carbocycles. The molecule has 0 aliphatic heterocycles. The monoisotopic (exact) mass is 275 g/mol. The predicted octanol–water partition coefficient (Wildman–Crippen LogP) is 2.34. The number of nitrogens with two attached hydrogens (primary N) is 1. The lowest BCUT2D eigenvalue weighted by Gasteiger charge is -2.14. The number of aryl methyl sites for hydroxylation is 1. The number of para-hydroxylation sites is 2. The van der Waals surface area contributed by atoms with Crippen LogP contribution >= 0.6 is 0 Å². The van der Waals surface area contributed by atoms with Crippen molar-refractivity contribution in [1.29, 1.82) is 0 Å². The van der Waals surface area contributed by atoms with Crippen molar-refractivity contribution in [3.8, 4) is 0 Å². The van der Waals surface area contributed by atoms with Crippen LogP contribution in [0.2, 0.25) is 0 Å². The van der Waals surface area contributed by atoms with Gasteiger partial charge in [-0.15, -0.1) is 0 Å². The normalized spacial score (nSPS) is 12.9. The van der Waals surface area contributed by atoms with Crippen molar-refractivity contribution < 1.29 is 5.11 Å². The van der Waals surface area contributed by atoms with E-state index >= 15 is 0 Å². The standard InChI is InChI=1S/C16H25N3O/c1-2-13(9-10-17)7-8-16-18-14-5-3-4-6-15(14)19(16)11-12-20/h3-6,13,20H,2,7-12,17H2,1H3. The number of rotatable bonds is 8. The van der Waals surface area contributed by atoms with E-state index in [0.29, 0.717) is 12.5 Å². The Morgan fingerprint density at radius 1 is 1.30 bits per heavy atom. The summed E-state index contributed by atoms with van der Waals surface area (Å²) in [7, 11) is 0. The van der Waals surface area contributed by atoms with E-state index in [2.05, 4.69) is 17.6 Å². The highest BCUT2D eigenvalue weighted by molar-refractivity contribution is 5.75. The molecule has 20 heavy (non-hydrogen) atoms. The topological polar surface area (TPSA) is 64.1 Å². The first kappa shape index (κ1) is 15.0. The van der Waals surface area contributed by atoms with Crippen molar-refractivity contribution in [1.82, 2.24) is 9.55 Å². The van der Waals surface area contributed by atoms with Crippen molar-refractivity contribution in [2.75, 3.05) is 13.2 Å². The van der Waals surface area contributed by atoms with Crippen LogP contribution in [0.4, 0.5) is 0 Å². The lowest BCUT2D eigenvalue weighted by molar-refractivity contribution is 0.275. The molecule has 4 nitrogen and oxygen atoms in total. The van der Waals surface area contributed by atoms with Crippen LogP contribution in [0.3, 0.4) is 0 Å². The summed E-state index contributed by atoms with van der Waals surface area (Å²) >= 11 is 0. The van der Waals surface area contributed by atoms with E-state index < -0.39 is 0 Å². The van der Waals surface area contributed by atoms with Gasteiger partial charge in [0.15, 0.2) is 0 Å². The number of nitrogens with zero attached hydrogens (tertiary/aromatic N) is 2. The minimum absolute atomic E-state index is 0.146. The van der Waals surface area contributed by atoms with Crippen LogP contribution in [0.1, 0.15) is 32.0 Å². The number of hydrogen-bond donors (Lipinski definition) is 2. The summed E-state index contributed by atoms with van der Waals surface area (Å²) in [5.74, 6) is 1.75. The first-order chi connectivity index (χ1) is 9.80. The fraction of sp³-hybridized carbons (Fsp3) is 0.562. The highest BCUT2D eigenvalue weighted by atomic mass is 16.3. The molecule has 4 heteroatoms. The summed E-state index contributed by atoms with van der Waals surface area (Å²) in [6.07, 6.45) is 4.31. The molecule has 0 bridgehead atoms. The van der Waals surface area contributed by atoms with Gasteiger partial charge in [-0.1, -0.05) is 25.5 Å². The molecule has 0 radical (unpaired) electrons. The van der Waals surface area contributed by atoms with Gasteiger partial charge in [-0.2, -0.15) is 0 Å². The van der Waals surface area contributed by atoms with Gasteiger partial charge >= 0.3 is 0 Å². The molecule has 0 spiro atoms. The molecule has 0 aliphatic carbocycles. The SMILES string of the molecule is CCC(CCN)CCc1nc2ccccc2n1CCO. The smallest absolute Gasteiger partial charge is 0.109 e. The van der Waals surface area contributed by atoms with E-state index in [1.54, 1.807) is 0 Å². The predicted molar refractivity (Wildman–Crippen MR) is 82.6 cm³/mol. The van der Waals surface area contributed by atoms with Gasteiger partial charge in [-0.05, 0) is 37.4 Å². The maximum absolute atomic E-state index is 9.26. The molecule has 1 atom stereocenters. The third kappa shape index (κ3) is 3.38. The third-order valence-corrected chi connectivity index (χ3v) is 3.99. The van der Waals surface area contributed by atoms with Gasteiger partial charge in [0.25, 0.3) is 0 Å². The molecule has 1 unspecified atom stereocenters. The highest BCUT2D eigenvalue weighted by Gasteiger charge is 2.12. The first-order valence-electron chi connectivity index (χ1n) is 7.55. The van der Waals surface area contributed by atoms with Gasteiger partial charge in [0.05, 0.1) is 17.6 Å². The van der Waals surface area contributed by atoms with Crippen LogP contribution < -0.4 is 5.73 Å². The Morgan fingerprint density at radius 2 is 2.10 bits per heavy atom. The molecule has 0 aliphatic rings. The Balaban J connectivity index is 2.17. The minimum Gasteiger partial charge on any atom is -0.395 e. The van der Waals surface area contributed by atoms with Crippen LogP contribution in [-0.2, 0) is 13.0 Å². The zero-order valence-corrected chi connectivity index (χ0v) is 12.3. The Labute approximate surface area is 120 Å². The van der Waals surface area contributed by atoms with Crippen molar-refractivity contribution in [2.24, 2.45) is 11.7 Å². The molecule has 0 saturated heterocycles. The van der Waals surface area contributed by atoms with E-state index in [1.807, 2.05) is 18.2 Å². The van der Waals surface area contributed by atoms with Crippen molar-refractivity contribution >= 4 is 11.0 Å². The Bertz CT molecular complexity index is 536. The second kappa shape index (κ2) is 7.41. The maximum atomic E-state index is 9.26. The number of hydrogen-bond acceptors (Lipinski definition) is 3. The molecule has 110 valence electrons. The van der Waals surface area contributed by atoms with E-state index in [9.17, 15) is 5.11 Å². The second-order valence-electron chi connectivity index (χ2n) is 5.28. The number of benzene rings is 1. The highest BCUT2D eigenvalue weighted by Crippen LogP contribution is 2.20. The van der Waals surface area contributed by atoms with Gasteiger partial charge in [-0.25, -0.2) is 4.98 Å².